The fourth-order valence-corrected chi connectivity index (χ4v) is 2.34. The van der Waals surface area contributed by atoms with E-state index in [-0.39, 0.29) is 12.6 Å². The highest BCUT2D eigenvalue weighted by atomic mass is 16.3. The number of tetrazole rings is 1. The van der Waals surface area contributed by atoms with Gasteiger partial charge in [-0.2, -0.15) is 0 Å². The second-order valence-electron chi connectivity index (χ2n) is 5.20. The summed E-state index contributed by atoms with van der Waals surface area (Å²) < 4.78 is 1.42. The molecule has 1 fully saturated rings. The number of rotatable bonds is 5. The summed E-state index contributed by atoms with van der Waals surface area (Å²) in [5.74, 6) is 1.52. The minimum Gasteiger partial charge on any atom is -0.394 e. The van der Waals surface area contributed by atoms with Crippen molar-refractivity contribution in [3.63, 3.8) is 0 Å². The highest BCUT2D eigenvalue weighted by molar-refractivity contribution is 5.45. The van der Waals surface area contributed by atoms with Crippen molar-refractivity contribution in [3.8, 4) is 0 Å². The van der Waals surface area contributed by atoms with Gasteiger partial charge in [0.05, 0.1) is 12.6 Å². The SMILES string of the molecule is CC(CO)N(CC1CCC1)c1ccc2nnnn2n1. The third-order valence-corrected chi connectivity index (χ3v) is 3.83. The third kappa shape index (κ3) is 2.37. The van der Waals surface area contributed by atoms with Gasteiger partial charge in [-0.05, 0) is 48.2 Å². The summed E-state index contributed by atoms with van der Waals surface area (Å²) in [6, 6.07) is 3.80. The summed E-state index contributed by atoms with van der Waals surface area (Å²) in [7, 11) is 0. The summed E-state index contributed by atoms with van der Waals surface area (Å²) in [6.45, 7) is 3.05. The van der Waals surface area contributed by atoms with Crippen molar-refractivity contribution < 1.29 is 5.11 Å². The van der Waals surface area contributed by atoms with Crippen LogP contribution in [0.3, 0.4) is 0 Å². The van der Waals surface area contributed by atoms with Gasteiger partial charge in [-0.15, -0.1) is 14.8 Å². The molecule has 0 spiro atoms. The average molecular weight is 262 g/mol. The van der Waals surface area contributed by atoms with E-state index in [0.717, 1.165) is 12.4 Å². The van der Waals surface area contributed by atoms with Crippen molar-refractivity contribution in [2.24, 2.45) is 5.92 Å². The van der Waals surface area contributed by atoms with Gasteiger partial charge in [0, 0.05) is 6.54 Å². The predicted molar refractivity (Wildman–Crippen MR) is 69.8 cm³/mol. The molecule has 0 aromatic carbocycles. The Balaban J connectivity index is 1.87. The van der Waals surface area contributed by atoms with Gasteiger partial charge in [-0.3, -0.25) is 0 Å². The zero-order valence-corrected chi connectivity index (χ0v) is 11.0. The van der Waals surface area contributed by atoms with Crippen LogP contribution in [0.1, 0.15) is 26.2 Å². The predicted octanol–water partition coefficient (Wildman–Crippen LogP) is 0.507. The molecule has 7 nitrogen and oxygen atoms in total. The van der Waals surface area contributed by atoms with E-state index in [9.17, 15) is 5.11 Å². The van der Waals surface area contributed by atoms with Crippen molar-refractivity contribution >= 4 is 11.5 Å². The van der Waals surface area contributed by atoms with E-state index in [1.165, 1.54) is 23.9 Å². The molecule has 2 heterocycles. The summed E-state index contributed by atoms with van der Waals surface area (Å²) in [5.41, 5.74) is 0.629. The molecular weight excluding hydrogens is 244 g/mol. The van der Waals surface area contributed by atoms with Gasteiger partial charge in [-0.1, -0.05) is 6.42 Å². The quantitative estimate of drug-likeness (QED) is 0.845. The van der Waals surface area contributed by atoms with E-state index in [4.69, 9.17) is 0 Å². The first-order chi connectivity index (χ1) is 9.28. The first kappa shape index (κ1) is 12.3. The lowest BCUT2D eigenvalue weighted by Crippen LogP contribution is -2.41. The van der Waals surface area contributed by atoms with Crippen LogP contribution in [0.2, 0.25) is 0 Å². The first-order valence-electron chi connectivity index (χ1n) is 6.71. The van der Waals surface area contributed by atoms with Gasteiger partial charge < -0.3 is 10.0 Å². The van der Waals surface area contributed by atoms with Gasteiger partial charge in [0.1, 0.15) is 0 Å². The maximum atomic E-state index is 9.43. The molecule has 0 saturated heterocycles. The molecule has 3 rings (SSSR count). The molecule has 2 aromatic rings. The molecular formula is C12H18N6O. The highest BCUT2D eigenvalue weighted by Crippen LogP contribution is 2.29. The number of hydrogen-bond donors (Lipinski definition) is 1. The monoisotopic (exact) mass is 262 g/mol. The van der Waals surface area contributed by atoms with Crippen LogP contribution in [0, 0.1) is 5.92 Å². The summed E-state index contributed by atoms with van der Waals surface area (Å²) in [4.78, 5) is 2.14. The molecule has 7 heteroatoms. The van der Waals surface area contributed by atoms with E-state index in [2.05, 4.69) is 25.5 Å². The lowest BCUT2D eigenvalue weighted by molar-refractivity contribution is 0.249. The van der Waals surface area contributed by atoms with Crippen LogP contribution < -0.4 is 4.90 Å². The molecule has 19 heavy (non-hydrogen) atoms. The van der Waals surface area contributed by atoms with Crippen molar-refractivity contribution in [1.82, 2.24) is 25.3 Å². The molecule has 1 unspecified atom stereocenters. The molecule has 0 amide bonds. The Morgan fingerprint density at radius 3 is 3.00 bits per heavy atom. The Morgan fingerprint density at radius 2 is 2.32 bits per heavy atom. The molecule has 1 aliphatic carbocycles. The Labute approximate surface area is 111 Å². The minimum atomic E-state index is 0.0435. The summed E-state index contributed by atoms with van der Waals surface area (Å²) >= 11 is 0. The topological polar surface area (TPSA) is 79.4 Å². The van der Waals surface area contributed by atoms with Crippen molar-refractivity contribution in [1.29, 1.82) is 0 Å². The Morgan fingerprint density at radius 1 is 1.47 bits per heavy atom. The third-order valence-electron chi connectivity index (χ3n) is 3.83. The van der Waals surface area contributed by atoms with E-state index >= 15 is 0 Å². The van der Waals surface area contributed by atoms with E-state index in [1.54, 1.807) is 0 Å². The summed E-state index contributed by atoms with van der Waals surface area (Å²) in [5, 5.41) is 25.1. The molecule has 0 bridgehead atoms. The minimum absolute atomic E-state index is 0.0435. The van der Waals surface area contributed by atoms with Crippen LogP contribution in [0.5, 0.6) is 0 Å². The van der Waals surface area contributed by atoms with Crippen LogP contribution in [0.4, 0.5) is 5.82 Å². The number of fused-ring (bicyclic) bond motifs is 1. The fraction of sp³-hybridized carbons (Fsp3) is 0.667. The highest BCUT2D eigenvalue weighted by Gasteiger charge is 2.24. The van der Waals surface area contributed by atoms with Gasteiger partial charge in [0.2, 0.25) is 0 Å². The van der Waals surface area contributed by atoms with Crippen LogP contribution >= 0.6 is 0 Å². The number of aliphatic hydroxyl groups is 1. The number of aliphatic hydroxyl groups excluding tert-OH is 1. The zero-order valence-electron chi connectivity index (χ0n) is 11.0. The van der Waals surface area contributed by atoms with Crippen LogP contribution in [-0.2, 0) is 0 Å². The standard InChI is InChI=1S/C12H18N6O/c1-9(8-19)17(7-10-3-2-4-10)12-6-5-11-13-15-16-18(11)14-12/h5-6,9-10,19H,2-4,7-8H2,1H3. The Bertz CT molecular complexity index is 552. The van der Waals surface area contributed by atoms with Crippen LogP contribution in [0.15, 0.2) is 12.1 Å². The zero-order chi connectivity index (χ0) is 13.2. The normalized spacial score (nSPS) is 17.4. The van der Waals surface area contributed by atoms with Gasteiger partial charge in [-0.25, -0.2) is 0 Å². The van der Waals surface area contributed by atoms with Gasteiger partial charge >= 0.3 is 0 Å². The average Bonchev–Trinajstić information content (AvgIpc) is 2.84. The number of nitrogens with zero attached hydrogens (tertiary/aromatic N) is 6. The van der Waals surface area contributed by atoms with E-state index < -0.39 is 0 Å². The molecule has 0 radical (unpaired) electrons. The lowest BCUT2D eigenvalue weighted by Gasteiger charge is -2.36. The van der Waals surface area contributed by atoms with E-state index in [0.29, 0.717) is 11.6 Å². The lowest BCUT2D eigenvalue weighted by atomic mass is 9.85. The molecule has 102 valence electrons. The number of anilines is 1. The van der Waals surface area contributed by atoms with E-state index in [1.807, 2.05) is 19.1 Å². The Hall–Kier alpha value is -1.76. The molecule has 0 aliphatic heterocycles. The molecule has 1 N–H and O–H groups in total. The van der Waals surface area contributed by atoms with Crippen LogP contribution in [0.25, 0.3) is 5.65 Å². The van der Waals surface area contributed by atoms with Crippen molar-refractivity contribution in [2.75, 3.05) is 18.1 Å². The van der Waals surface area contributed by atoms with Crippen LogP contribution in [-0.4, -0.2) is 49.6 Å². The maximum Gasteiger partial charge on any atom is 0.200 e. The smallest absolute Gasteiger partial charge is 0.200 e. The molecule has 1 atom stereocenters. The van der Waals surface area contributed by atoms with Gasteiger partial charge in [0.25, 0.3) is 0 Å². The Kier molecular flexibility index (Phi) is 3.29. The summed E-state index contributed by atoms with van der Waals surface area (Å²) in [6.07, 6.45) is 3.84. The number of hydrogen-bond acceptors (Lipinski definition) is 6. The van der Waals surface area contributed by atoms with Gasteiger partial charge in [0.15, 0.2) is 11.5 Å². The second kappa shape index (κ2) is 5.08. The maximum absolute atomic E-state index is 9.43. The molecule has 2 aromatic heterocycles. The molecule has 1 aliphatic rings. The number of aromatic nitrogens is 5. The second-order valence-corrected chi connectivity index (χ2v) is 5.20. The van der Waals surface area contributed by atoms with Crippen molar-refractivity contribution in [2.45, 2.75) is 32.2 Å². The first-order valence-corrected chi connectivity index (χ1v) is 6.71. The fourth-order valence-electron chi connectivity index (χ4n) is 2.34. The largest absolute Gasteiger partial charge is 0.394 e. The van der Waals surface area contributed by atoms with Crippen molar-refractivity contribution in [3.05, 3.63) is 12.1 Å². The molecule has 1 saturated carbocycles.